The van der Waals surface area contributed by atoms with Gasteiger partial charge in [0.2, 0.25) is 10.0 Å². The summed E-state index contributed by atoms with van der Waals surface area (Å²) >= 11 is 0. The summed E-state index contributed by atoms with van der Waals surface area (Å²) in [5.74, 6) is 0.231. The van der Waals surface area contributed by atoms with Gasteiger partial charge in [-0.05, 0) is 19.8 Å². The van der Waals surface area contributed by atoms with E-state index >= 15 is 0 Å². The Labute approximate surface area is 114 Å². The maximum Gasteiger partial charge on any atom is 0.213 e. The van der Waals surface area contributed by atoms with Gasteiger partial charge in [-0.25, -0.2) is 12.7 Å². The van der Waals surface area contributed by atoms with Crippen LogP contribution in [-0.2, 0) is 10.0 Å². The van der Waals surface area contributed by atoms with Gasteiger partial charge in [0.25, 0.3) is 0 Å². The van der Waals surface area contributed by atoms with Gasteiger partial charge in [0.15, 0.2) is 0 Å². The van der Waals surface area contributed by atoms with E-state index in [1.807, 2.05) is 0 Å². The molecule has 0 atom stereocenters. The molecule has 0 aromatic rings. The average Bonchev–Trinajstić information content (AvgIpc) is 2.36. The summed E-state index contributed by atoms with van der Waals surface area (Å²) in [6.07, 6.45) is 9.07. The van der Waals surface area contributed by atoms with Crippen LogP contribution in [0.4, 0.5) is 0 Å². The van der Waals surface area contributed by atoms with Crippen LogP contribution in [-0.4, -0.2) is 31.6 Å². The highest BCUT2D eigenvalue weighted by Crippen LogP contribution is 2.09. The van der Waals surface area contributed by atoms with Crippen molar-refractivity contribution in [1.29, 1.82) is 0 Å². The van der Waals surface area contributed by atoms with E-state index in [-0.39, 0.29) is 5.75 Å². The SMILES string of the molecule is CCCCCCN(CCCCCC)S(=O)(=O)CC. The molecule has 0 fully saturated rings. The Morgan fingerprint density at radius 2 is 1.17 bits per heavy atom. The van der Waals surface area contributed by atoms with E-state index < -0.39 is 10.0 Å². The van der Waals surface area contributed by atoms with Crippen LogP contribution in [0.3, 0.4) is 0 Å². The molecule has 18 heavy (non-hydrogen) atoms. The summed E-state index contributed by atoms with van der Waals surface area (Å²) in [5, 5.41) is 0. The lowest BCUT2D eigenvalue weighted by Crippen LogP contribution is -2.34. The first kappa shape index (κ1) is 17.9. The second-order valence-corrected chi connectivity index (χ2v) is 7.18. The van der Waals surface area contributed by atoms with Gasteiger partial charge in [-0.3, -0.25) is 0 Å². The average molecular weight is 277 g/mol. The Morgan fingerprint density at radius 3 is 1.50 bits per heavy atom. The van der Waals surface area contributed by atoms with Gasteiger partial charge in [0.1, 0.15) is 0 Å². The predicted molar refractivity (Wildman–Crippen MR) is 79.3 cm³/mol. The maximum absolute atomic E-state index is 12.0. The molecule has 110 valence electrons. The molecule has 0 aromatic heterocycles. The predicted octanol–water partition coefficient (Wildman–Crippen LogP) is 3.80. The normalized spacial score (nSPS) is 12.2. The second-order valence-electron chi connectivity index (χ2n) is 4.92. The fraction of sp³-hybridized carbons (Fsp3) is 1.00. The third-order valence-electron chi connectivity index (χ3n) is 3.28. The zero-order valence-corrected chi connectivity index (χ0v) is 13.3. The van der Waals surface area contributed by atoms with E-state index in [0.717, 1.165) is 25.7 Å². The molecule has 0 saturated carbocycles. The minimum absolute atomic E-state index is 0.231. The van der Waals surface area contributed by atoms with Crippen LogP contribution in [0.15, 0.2) is 0 Å². The molecule has 0 aliphatic heterocycles. The Bertz CT molecular complexity index is 264. The molecule has 0 unspecified atom stereocenters. The molecule has 0 bridgehead atoms. The van der Waals surface area contributed by atoms with E-state index in [9.17, 15) is 8.42 Å². The highest BCUT2D eigenvalue weighted by Gasteiger charge is 2.18. The summed E-state index contributed by atoms with van der Waals surface area (Å²) in [6, 6.07) is 0. The first-order chi connectivity index (χ1) is 8.58. The lowest BCUT2D eigenvalue weighted by atomic mass is 10.2. The van der Waals surface area contributed by atoms with E-state index in [1.54, 1.807) is 11.2 Å². The number of unbranched alkanes of at least 4 members (excludes halogenated alkanes) is 6. The van der Waals surface area contributed by atoms with Gasteiger partial charge in [0, 0.05) is 13.1 Å². The maximum atomic E-state index is 12.0. The van der Waals surface area contributed by atoms with Crippen LogP contribution in [0, 0.1) is 0 Å². The van der Waals surface area contributed by atoms with Gasteiger partial charge in [0.05, 0.1) is 5.75 Å². The Morgan fingerprint density at radius 1 is 0.722 bits per heavy atom. The number of hydrogen-bond donors (Lipinski definition) is 0. The summed E-state index contributed by atoms with van der Waals surface area (Å²) in [7, 11) is -3.00. The van der Waals surface area contributed by atoms with Gasteiger partial charge < -0.3 is 0 Å². The second kappa shape index (κ2) is 10.8. The molecule has 0 aliphatic carbocycles. The van der Waals surface area contributed by atoms with Gasteiger partial charge in [-0.2, -0.15) is 0 Å². The fourth-order valence-electron chi connectivity index (χ4n) is 2.00. The molecule has 4 heteroatoms. The van der Waals surface area contributed by atoms with Crippen molar-refractivity contribution in [3.63, 3.8) is 0 Å². The lowest BCUT2D eigenvalue weighted by molar-refractivity contribution is 0.386. The van der Waals surface area contributed by atoms with Crippen molar-refractivity contribution in [3.05, 3.63) is 0 Å². The van der Waals surface area contributed by atoms with Crippen LogP contribution in [0.5, 0.6) is 0 Å². The van der Waals surface area contributed by atoms with E-state index in [0.29, 0.717) is 13.1 Å². The van der Waals surface area contributed by atoms with Crippen molar-refractivity contribution in [2.75, 3.05) is 18.8 Å². The smallest absolute Gasteiger partial charge is 0.212 e. The van der Waals surface area contributed by atoms with Crippen molar-refractivity contribution < 1.29 is 8.42 Å². The van der Waals surface area contributed by atoms with Crippen molar-refractivity contribution in [2.45, 2.75) is 72.1 Å². The molecule has 0 rings (SSSR count). The van der Waals surface area contributed by atoms with Crippen molar-refractivity contribution in [1.82, 2.24) is 4.31 Å². The van der Waals surface area contributed by atoms with Crippen LogP contribution in [0.1, 0.15) is 72.1 Å². The number of hydrogen-bond acceptors (Lipinski definition) is 2. The summed E-state index contributed by atoms with van der Waals surface area (Å²) in [5.41, 5.74) is 0. The highest BCUT2D eigenvalue weighted by molar-refractivity contribution is 7.89. The molecule has 0 aliphatic rings. The van der Waals surface area contributed by atoms with Crippen LogP contribution in [0.2, 0.25) is 0 Å². The molecule has 0 N–H and O–H groups in total. The lowest BCUT2D eigenvalue weighted by Gasteiger charge is -2.21. The minimum Gasteiger partial charge on any atom is -0.212 e. The van der Waals surface area contributed by atoms with Crippen molar-refractivity contribution >= 4 is 10.0 Å². The third kappa shape index (κ3) is 8.09. The molecule has 0 amide bonds. The number of rotatable bonds is 12. The Balaban J connectivity index is 4.09. The van der Waals surface area contributed by atoms with Crippen molar-refractivity contribution in [2.24, 2.45) is 0 Å². The van der Waals surface area contributed by atoms with Gasteiger partial charge >= 0.3 is 0 Å². The zero-order valence-electron chi connectivity index (χ0n) is 12.5. The first-order valence-corrected chi connectivity index (χ1v) is 9.17. The Kier molecular flexibility index (Phi) is 10.7. The number of sulfonamides is 1. The van der Waals surface area contributed by atoms with E-state index in [1.165, 1.54) is 25.7 Å². The van der Waals surface area contributed by atoms with Gasteiger partial charge in [-0.15, -0.1) is 0 Å². The Hall–Kier alpha value is -0.0900. The zero-order chi connectivity index (χ0) is 13.9. The molecule has 3 nitrogen and oxygen atoms in total. The van der Waals surface area contributed by atoms with Crippen LogP contribution >= 0.6 is 0 Å². The minimum atomic E-state index is -3.00. The van der Waals surface area contributed by atoms with Crippen LogP contribution < -0.4 is 0 Å². The summed E-state index contributed by atoms with van der Waals surface area (Å²) < 4.78 is 25.6. The quantitative estimate of drug-likeness (QED) is 0.509. The topological polar surface area (TPSA) is 37.4 Å². The standard InChI is InChI=1S/C14H31NO2S/c1-4-7-9-11-13-15(18(16,17)6-3)14-12-10-8-5-2/h4-14H2,1-3H3. The molecular formula is C14H31NO2S. The van der Waals surface area contributed by atoms with E-state index in [2.05, 4.69) is 13.8 Å². The van der Waals surface area contributed by atoms with Crippen LogP contribution in [0.25, 0.3) is 0 Å². The third-order valence-corrected chi connectivity index (χ3v) is 5.16. The fourth-order valence-corrected chi connectivity index (χ4v) is 3.18. The molecule has 0 radical (unpaired) electrons. The molecule has 0 saturated heterocycles. The molecule has 0 heterocycles. The largest absolute Gasteiger partial charge is 0.213 e. The first-order valence-electron chi connectivity index (χ1n) is 7.56. The van der Waals surface area contributed by atoms with Gasteiger partial charge in [-0.1, -0.05) is 52.4 Å². The number of nitrogens with zero attached hydrogens (tertiary/aromatic N) is 1. The van der Waals surface area contributed by atoms with Crippen molar-refractivity contribution in [3.8, 4) is 0 Å². The summed E-state index contributed by atoms with van der Waals surface area (Å²) in [4.78, 5) is 0. The monoisotopic (exact) mass is 277 g/mol. The molecule has 0 aromatic carbocycles. The molecule has 0 spiro atoms. The summed E-state index contributed by atoms with van der Waals surface area (Å²) in [6.45, 7) is 7.50. The van der Waals surface area contributed by atoms with E-state index in [4.69, 9.17) is 0 Å². The molecular weight excluding hydrogens is 246 g/mol. The highest BCUT2D eigenvalue weighted by atomic mass is 32.2.